The van der Waals surface area contributed by atoms with Gasteiger partial charge in [0.05, 0.1) is 5.69 Å². The fraction of sp³-hybridized carbons (Fsp3) is 0.267. The van der Waals surface area contributed by atoms with Gasteiger partial charge in [-0.05, 0) is 12.1 Å². The van der Waals surface area contributed by atoms with Gasteiger partial charge in [-0.15, -0.1) is 0 Å². The maximum Gasteiger partial charge on any atom is 4.00 e. The first-order chi connectivity index (χ1) is 19.0. The van der Waals surface area contributed by atoms with Crippen LogP contribution >= 0.6 is 0 Å². The number of benzene rings is 1. The van der Waals surface area contributed by atoms with Crippen LogP contribution in [0.5, 0.6) is 0 Å². The molecule has 0 atom stereocenters. The van der Waals surface area contributed by atoms with E-state index in [1.54, 1.807) is 0 Å². The van der Waals surface area contributed by atoms with Crippen LogP contribution in [0.3, 0.4) is 0 Å². The molecule has 0 unspecified atom stereocenters. The zero-order chi connectivity index (χ0) is 36.2. The van der Waals surface area contributed by atoms with Gasteiger partial charge in [-0.2, -0.15) is 52.7 Å². The van der Waals surface area contributed by atoms with E-state index < -0.39 is 62.5 Å². The smallest absolute Gasteiger partial charge is 0.741 e. The van der Waals surface area contributed by atoms with Crippen molar-refractivity contribution in [1.29, 1.82) is 0 Å². The first-order valence-electron chi connectivity index (χ1n) is 9.02. The van der Waals surface area contributed by atoms with E-state index in [1.165, 1.54) is 0 Å². The maximum atomic E-state index is 10.7. The standard InChI is InChI=1S/C11H9N.4CHF3O3S.Ir/c1-2-6-10(7-3-1)11-8-4-5-9-12-11;4*2-1(3,4)8(5,6)7;/h1-9H;4*(H,5,6,7);/q;;;;;+4/p-4. The van der Waals surface area contributed by atoms with Crippen LogP contribution < -0.4 is 0 Å². The van der Waals surface area contributed by atoms with Crippen molar-refractivity contribution in [2.45, 2.75) is 22.0 Å². The molecule has 1 aromatic carbocycles. The van der Waals surface area contributed by atoms with Crippen LogP contribution in [-0.4, -0.2) is 78.9 Å². The van der Waals surface area contributed by atoms with Crippen LogP contribution in [0.1, 0.15) is 0 Å². The van der Waals surface area contributed by atoms with Crippen molar-refractivity contribution in [2.75, 3.05) is 0 Å². The first kappa shape index (κ1) is 49.7. The summed E-state index contributed by atoms with van der Waals surface area (Å²) < 4.78 is 236. The molecule has 1 radical (unpaired) electrons. The van der Waals surface area contributed by atoms with Crippen LogP contribution in [0.2, 0.25) is 0 Å². The molecule has 45 heavy (non-hydrogen) atoms. The molecular weight excluding hydrogens is 935 g/mol. The summed E-state index contributed by atoms with van der Waals surface area (Å²) in [6.07, 6.45) is 1.81. The molecule has 2 rings (SSSR count). The molecule has 0 saturated heterocycles. The van der Waals surface area contributed by atoms with Gasteiger partial charge in [0.15, 0.2) is 40.5 Å². The second-order valence-electron chi connectivity index (χ2n) is 6.18. The van der Waals surface area contributed by atoms with Crippen LogP contribution in [-0.2, 0) is 60.6 Å². The Kier molecular flexibility index (Phi) is 20.1. The predicted octanol–water partition coefficient (Wildman–Crippen LogP) is 2.95. The van der Waals surface area contributed by atoms with Crippen molar-refractivity contribution in [3.8, 4) is 11.3 Å². The topological polar surface area (TPSA) is 242 Å². The summed E-state index contributed by atoms with van der Waals surface area (Å²) in [6, 6.07) is 16.1. The molecule has 0 aliphatic rings. The first-order valence-corrected chi connectivity index (χ1v) is 14.6. The van der Waals surface area contributed by atoms with Gasteiger partial charge in [0.1, 0.15) is 0 Å². The number of rotatable bonds is 1. The van der Waals surface area contributed by atoms with E-state index >= 15 is 0 Å². The van der Waals surface area contributed by atoms with E-state index in [0.717, 1.165) is 11.3 Å². The van der Waals surface area contributed by atoms with Crippen molar-refractivity contribution in [3.05, 3.63) is 54.7 Å². The minimum Gasteiger partial charge on any atom is -0.741 e. The van der Waals surface area contributed by atoms with Crippen LogP contribution in [0.4, 0.5) is 52.7 Å². The number of halogens is 12. The monoisotopic (exact) mass is 944 g/mol. The third-order valence-electron chi connectivity index (χ3n) is 2.87. The van der Waals surface area contributed by atoms with Gasteiger partial charge in [0.2, 0.25) is 0 Å². The Bertz CT molecular complexity index is 1370. The van der Waals surface area contributed by atoms with E-state index in [4.69, 9.17) is 51.9 Å². The summed E-state index contributed by atoms with van der Waals surface area (Å²) in [4.78, 5) is 4.25. The Balaban J connectivity index is -0.000000236. The Hall–Kier alpha value is -2.18. The third kappa shape index (κ3) is 22.9. The maximum absolute atomic E-state index is 10.7. The Morgan fingerprint density at radius 3 is 0.844 bits per heavy atom. The van der Waals surface area contributed by atoms with Crippen molar-refractivity contribution in [3.63, 3.8) is 0 Å². The van der Waals surface area contributed by atoms with Crippen molar-refractivity contribution in [1.82, 2.24) is 4.98 Å². The van der Waals surface area contributed by atoms with Gasteiger partial charge in [-0.25, -0.2) is 33.7 Å². The molecule has 1 heterocycles. The molecule has 30 heteroatoms. The molecule has 0 aliphatic carbocycles. The molecule has 0 fully saturated rings. The van der Waals surface area contributed by atoms with Gasteiger partial charge >= 0.3 is 42.1 Å². The molecule has 0 bridgehead atoms. The van der Waals surface area contributed by atoms with Gasteiger partial charge in [-0.3, -0.25) is 4.98 Å². The van der Waals surface area contributed by atoms with E-state index in [1.807, 2.05) is 42.6 Å². The number of hydrogen-bond donors (Lipinski definition) is 0. The number of aromatic nitrogens is 1. The molecule has 263 valence electrons. The largest absolute Gasteiger partial charge is 4.00 e. The molecule has 0 N–H and O–H groups in total. The minimum atomic E-state index is -6.09. The molecule has 0 spiro atoms. The van der Waals surface area contributed by atoms with Gasteiger partial charge in [0.25, 0.3) is 0 Å². The van der Waals surface area contributed by atoms with Crippen molar-refractivity contribution >= 4 is 40.5 Å². The van der Waals surface area contributed by atoms with Gasteiger partial charge in [-0.1, -0.05) is 36.4 Å². The number of nitrogens with zero attached hydrogens (tertiary/aromatic N) is 1. The van der Waals surface area contributed by atoms with Gasteiger partial charge in [0, 0.05) is 11.8 Å². The van der Waals surface area contributed by atoms with Crippen LogP contribution in [0.25, 0.3) is 11.3 Å². The van der Waals surface area contributed by atoms with Crippen LogP contribution in [0, 0.1) is 0 Å². The van der Waals surface area contributed by atoms with Crippen molar-refractivity contribution in [2.24, 2.45) is 0 Å². The SMILES string of the molecule is O=S(=O)([O-])C(F)(F)F.O=S(=O)([O-])C(F)(F)F.O=S(=O)([O-])C(F)(F)F.O=S(=O)([O-])C(F)(F)F.[Ir+4].c1ccc(-c2ccccn2)cc1. The summed E-state index contributed by atoms with van der Waals surface area (Å²) in [5.41, 5.74) is -20.4. The molecule has 13 nitrogen and oxygen atoms in total. The molecule has 0 amide bonds. The Morgan fingerprint density at radius 2 is 0.667 bits per heavy atom. The Labute approximate surface area is 257 Å². The Morgan fingerprint density at radius 1 is 0.444 bits per heavy atom. The summed E-state index contributed by atoms with van der Waals surface area (Å²) in [5.74, 6) is 0. The predicted molar refractivity (Wildman–Crippen MR) is 113 cm³/mol. The summed E-state index contributed by atoms with van der Waals surface area (Å²) in [6.45, 7) is 0. The fourth-order valence-electron chi connectivity index (χ4n) is 1.14. The minimum absolute atomic E-state index is 0. The number of hydrogen-bond acceptors (Lipinski definition) is 13. The van der Waals surface area contributed by atoms with E-state index in [0.29, 0.717) is 0 Å². The zero-order valence-corrected chi connectivity index (χ0v) is 25.7. The van der Waals surface area contributed by atoms with Gasteiger partial charge < -0.3 is 18.2 Å². The second-order valence-corrected chi connectivity index (χ2v) is 11.7. The number of pyridine rings is 1. The van der Waals surface area contributed by atoms with Crippen LogP contribution in [0.15, 0.2) is 54.7 Å². The quantitative estimate of drug-likeness (QED) is 0.227. The number of alkyl halides is 12. The molecule has 0 aliphatic heterocycles. The zero-order valence-electron chi connectivity index (χ0n) is 20.0. The van der Waals surface area contributed by atoms with E-state index in [-0.39, 0.29) is 20.1 Å². The average Bonchev–Trinajstić information content (AvgIpc) is 2.77. The normalized spacial score (nSPS) is 12.5. The average molecular weight is 944 g/mol. The summed E-state index contributed by atoms with van der Waals surface area (Å²) >= 11 is 0. The van der Waals surface area contributed by atoms with Crippen molar-refractivity contribution < 1.29 is 125 Å². The molecule has 0 saturated carbocycles. The molecule has 2 aromatic rings. The summed E-state index contributed by atoms with van der Waals surface area (Å²) in [5, 5.41) is 0. The van der Waals surface area contributed by atoms with E-state index in [9.17, 15) is 52.7 Å². The summed E-state index contributed by atoms with van der Waals surface area (Å²) in [7, 11) is -24.4. The molecular formula is C15H9F12IrNO12S4. The second kappa shape index (κ2) is 18.2. The van der Waals surface area contributed by atoms with E-state index in [2.05, 4.69) is 17.1 Å². The third-order valence-corrected chi connectivity index (χ3v) is 5.14. The fourth-order valence-corrected chi connectivity index (χ4v) is 1.14. The molecule has 1 aromatic heterocycles.